The summed E-state index contributed by atoms with van der Waals surface area (Å²) in [6.07, 6.45) is 8.45. The molecule has 3 heteroatoms. The van der Waals surface area contributed by atoms with Gasteiger partial charge in [0.15, 0.2) is 0 Å². The largest absolute Gasteiger partial charge is 0.389 e. The van der Waals surface area contributed by atoms with E-state index in [4.69, 9.17) is 0 Å². The van der Waals surface area contributed by atoms with Crippen molar-refractivity contribution in [3.05, 3.63) is 0 Å². The lowest BCUT2D eigenvalue weighted by molar-refractivity contribution is -0.0588. The van der Waals surface area contributed by atoms with Crippen LogP contribution in [0.2, 0.25) is 0 Å². The van der Waals surface area contributed by atoms with Gasteiger partial charge < -0.3 is 10.4 Å². The third-order valence-electron chi connectivity index (χ3n) is 5.27. The Labute approximate surface area is 112 Å². The number of hydrogen-bond donors (Lipinski definition) is 2. The van der Waals surface area contributed by atoms with Gasteiger partial charge in [-0.2, -0.15) is 0 Å². The van der Waals surface area contributed by atoms with Crippen molar-refractivity contribution in [1.29, 1.82) is 0 Å². The second-order valence-electron chi connectivity index (χ2n) is 6.31. The highest BCUT2D eigenvalue weighted by Crippen LogP contribution is 2.36. The lowest BCUT2D eigenvalue weighted by Gasteiger charge is -2.52. The summed E-state index contributed by atoms with van der Waals surface area (Å²) in [5, 5.41) is 14.2. The van der Waals surface area contributed by atoms with Crippen molar-refractivity contribution in [2.75, 3.05) is 26.2 Å². The van der Waals surface area contributed by atoms with Gasteiger partial charge in [-0.15, -0.1) is 0 Å². The standard InChI is InChI=1S/C15H30N2O/c1-3-15(18,4-2)13-17-11-10-16-12-14(17)8-6-5-7-9-14/h16,18H,3-13H2,1-2H3. The molecule has 3 nitrogen and oxygen atoms in total. The zero-order chi connectivity index (χ0) is 13.1. The fraction of sp³-hybridized carbons (Fsp3) is 1.00. The molecule has 106 valence electrons. The van der Waals surface area contributed by atoms with Crippen LogP contribution in [0.5, 0.6) is 0 Å². The van der Waals surface area contributed by atoms with Gasteiger partial charge in [0.05, 0.1) is 5.60 Å². The van der Waals surface area contributed by atoms with Crippen molar-refractivity contribution in [3.8, 4) is 0 Å². The lowest BCUT2D eigenvalue weighted by atomic mass is 9.78. The first kappa shape index (κ1) is 14.3. The van der Waals surface area contributed by atoms with Crippen molar-refractivity contribution >= 4 is 0 Å². The number of nitrogens with zero attached hydrogens (tertiary/aromatic N) is 1. The molecule has 1 aliphatic heterocycles. The maximum Gasteiger partial charge on any atom is 0.0769 e. The minimum absolute atomic E-state index is 0.342. The molecule has 2 fully saturated rings. The maximum atomic E-state index is 10.6. The average Bonchev–Trinajstić information content (AvgIpc) is 2.42. The summed E-state index contributed by atoms with van der Waals surface area (Å²) >= 11 is 0. The Kier molecular flexibility index (Phi) is 4.68. The first-order valence-electron chi connectivity index (χ1n) is 7.82. The Bertz CT molecular complexity index is 249. The Morgan fingerprint density at radius 1 is 1.17 bits per heavy atom. The monoisotopic (exact) mass is 254 g/mol. The molecule has 0 aromatic rings. The summed E-state index contributed by atoms with van der Waals surface area (Å²) in [5.41, 5.74) is -0.142. The van der Waals surface area contributed by atoms with Crippen molar-refractivity contribution in [2.24, 2.45) is 0 Å². The zero-order valence-corrected chi connectivity index (χ0v) is 12.2. The summed E-state index contributed by atoms with van der Waals surface area (Å²) in [4.78, 5) is 2.61. The quantitative estimate of drug-likeness (QED) is 0.807. The van der Waals surface area contributed by atoms with Gasteiger partial charge in [0, 0.05) is 31.7 Å². The van der Waals surface area contributed by atoms with Crippen molar-refractivity contribution in [1.82, 2.24) is 10.2 Å². The first-order valence-corrected chi connectivity index (χ1v) is 7.82. The van der Waals surface area contributed by atoms with Crippen LogP contribution in [0.1, 0.15) is 58.8 Å². The zero-order valence-electron chi connectivity index (χ0n) is 12.2. The second kappa shape index (κ2) is 5.89. The van der Waals surface area contributed by atoms with Gasteiger partial charge in [0.25, 0.3) is 0 Å². The molecule has 1 saturated heterocycles. The highest BCUT2D eigenvalue weighted by Gasteiger charge is 2.42. The summed E-state index contributed by atoms with van der Waals surface area (Å²) in [7, 11) is 0. The van der Waals surface area contributed by atoms with Crippen molar-refractivity contribution < 1.29 is 5.11 Å². The van der Waals surface area contributed by atoms with Crippen LogP contribution in [0, 0.1) is 0 Å². The van der Waals surface area contributed by atoms with Crippen LogP contribution in [-0.4, -0.2) is 47.3 Å². The van der Waals surface area contributed by atoms with Crippen LogP contribution in [0.4, 0.5) is 0 Å². The summed E-state index contributed by atoms with van der Waals surface area (Å²) < 4.78 is 0. The van der Waals surface area contributed by atoms with Gasteiger partial charge >= 0.3 is 0 Å². The molecule has 1 heterocycles. The van der Waals surface area contributed by atoms with E-state index in [0.29, 0.717) is 5.54 Å². The third kappa shape index (κ3) is 2.89. The van der Waals surface area contributed by atoms with Gasteiger partial charge in [-0.3, -0.25) is 4.90 Å². The Hall–Kier alpha value is -0.120. The van der Waals surface area contributed by atoms with E-state index in [2.05, 4.69) is 24.1 Å². The van der Waals surface area contributed by atoms with E-state index in [1.165, 1.54) is 32.1 Å². The van der Waals surface area contributed by atoms with Crippen LogP contribution < -0.4 is 5.32 Å². The topological polar surface area (TPSA) is 35.5 Å². The Morgan fingerprint density at radius 3 is 2.44 bits per heavy atom. The molecule has 0 atom stereocenters. The second-order valence-corrected chi connectivity index (χ2v) is 6.31. The summed E-state index contributed by atoms with van der Waals surface area (Å²) in [6.45, 7) is 8.38. The lowest BCUT2D eigenvalue weighted by Crippen LogP contribution is -2.64. The molecule has 0 aromatic carbocycles. The van der Waals surface area contributed by atoms with Crippen molar-refractivity contribution in [3.63, 3.8) is 0 Å². The molecule has 1 spiro atoms. The van der Waals surface area contributed by atoms with Crippen LogP contribution in [0.15, 0.2) is 0 Å². The molecule has 1 saturated carbocycles. The van der Waals surface area contributed by atoms with Crippen molar-refractivity contribution in [2.45, 2.75) is 69.9 Å². The number of hydrogen-bond acceptors (Lipinski definition) is 3. The number of rotatable bonds is 4. The van der Waals surface area contributed by atoms with Crippen LogP contribution in [0.3, 0.4) is 0 Å². The minimum Gasteiger partial charge on any atom is -0.389 e. The third-order valence-corrected chi connectivity index (χ3v) is 5.27. The van der Waals surface area contributed by atoms with Crippen LogP contribution in [-0.2, 0) is 0 Å². The predicted octanol–water partition coefficient (Wildman–Crippen LogP) is 2.15. The molecular weight excluding hydrogens is 224 g/mol. The highest BCUT2D eigenvalue weighted by atomic mass is 16.3. The van der Waals surface area contributed by atoms with E-state index in [-0.39, 0.29) is 0 Å². The molecule has 2 rings (SSSR count). The van der Waals surface area contributed by atoms with E-state index >= 15 is 0 Å². The molecule has 2 N–H and O–H groups in total. The number of aliphatic hydroxyl groups is 1. The fourth-order valence-electron chi connectivity index (χ4n) is 3.66. The number of β-amino-alcohol motifs (C(OH)–C–C–N with tert-alkyl or cyclic N) is 1. The maximum absolute atomic E-state index is 10.6. The van der Waals surface area contributed by atoms with E-state index < -0.39 is 5.60 Å². The molecule has 2 aliphatic rings. The molecule has 0 aromatic heterocycles. The van der Waals surface area contributed by atoms with Gasteiger partial charge in [0.2, 0.25) is 0 Å². The molecule has 0 unspecified atom stereocenters. The average molecular weight is 254 g/mol. The summed E-state index contributed by atoms with van der Waals surface area (Å²) in [6, 6.07) is 0. The van der Waals surface area contributed by atoms with Crippen LogP contribution in [0.25, 0.3) is 0 Å². The molecule has 1 aliphatic carbocycles. The van der Waals surface area contributed by atoms with Gasteiger partial charge in [0.1, 0.15) is 0 Å². The SMILES string of the molecule is CCC(O)(CC)CN1CCNCC12CCCCC2. The number of piperazine rings is 1. The molecule has 0 amide bonds. The molecule has 0 bridgehead atoms. The summed E-state index contributed by atoms with van der Waals surface area (Å²) in [5.74, 6) is 0. The van der Waals surface area contributed by atoms with E-state index in [9.17, 15) is 5.11 Å². The minimum atomic E-state index is -0.484. The normalized spacial score (nSPS) is 25.5. The highest BCUT2D eigenvalue weighted by molar-refractivity contribution is 5.00. The van der Waals surface area contributed by atoms with E-state index in [1.54, 1.807) is 0 Å². The number of nitrogens with one attached hydrogen (secondary N) is 1. The van der Waals surface area contributed by atoms with Gasteiger partial charge in [-0.25, -0.2) is 0 Å². The smallest absolute Gasteiger partial charge is 0.0769 e. The Morgan fingerprint density at radius 2 is 1.83 bits per heavy atom. The van der Waals surface area contributed by atoms with Gasteiger partial charge in [-0.1, -0.05) is 33.1 Å². The molecular formula is C15H30N2O. The first-order chi connectivity index (χ1) is 8.64. The molecule has 0 radical (unpaired) electrons. The van der Waals surface area contributed by atoms with Crippen LogP contribution >= 0.6 is 0 Å². The predicted molar refractivity (Wildman–Crippen MR) is 75.8 cm³/mol. The fourth-order valence-corrected chi connectivity index (χ4v) is 3.66. The Balaban J connectivity index is 2.07. The molecule has 18 heavy (non-hydrogen) atoms. The van der Waals surface area contributed by atoms with E-state index in [1.807, 2.05) is 0 Å². The van der Waals surface area contributed by atoms with Gasteiger partial charge in [-0.05, 0) is 25.7 Å². The van der Waals surface area contributed by atoms with E-state index in [0.717, 1.165) is 39.0 Å².